The quantitative estimate of drug-likeness (QED) is 0.0403. The highest BCUT2D eigenvalue weighted by Gasteiger charge is 2.35. The molecule has 0 radical (unpaired) electrons. The predicted octanol–water partition coefficient (Wildman–Crippen LogP) is 1.39. The number of rotatable bonds is 21. The molecule has 2 rings (SSSR count). The van der Waals surface area contributed by atoms with Gasteiger partial charge in [0, 0.05) is 13.0 Å². The summed E-state index contributed by atoms with van der Waals surface area (Å²) < 4.78 is 5.35. The van der Waals surface area contributed by atoms with Gasteiger partial charge in [0.05, 0.1) is 6.04 Å². The Hall–Kier alpha value is -5.47. The molecule has 0 aliphatic carbocycles. The molecule has 0 saturated heterocycles. The van der Waals surface area contributed by atoms with Crippen LogP contribution in [-0.2, 0) is 41.7 Å². The molecule has 2 aromatic rings. The molecule has 0 bridgehead atoms. The number of Topliss-reactive ketones (excluding diaryl/α,β-unsaturated/α-hetero) is 1. The van der Waals surface area contributed by atoms with Crippen molar-refractivity contribution in [2.75, 3.05) is 6.54 Å². The monoisotopic (exact) mass is 708 g/mol. The Morgan fingerprint density at radius 2 is 1.35 bits per heavy atom. The summed E-state index contributed by atoms with van der Waals surface area (Å²) in [6, 6.07) is 13.4. The van der Waals surface area contributed by atoms with Gasteiger partial charge >= 0.3 is 6.09 Å². The van der Waals surface area contributed by atoms with Gasteiger partial charge in [-0.15, -0.1) is 0 Å². The van der Waals surface area contributed by atoms with Gasteiger partial charge in [0.2, 0.25) is 23.5 Å². The number of benzene rings is 2. The third-order valence-electron chi connectivity index (χ3n) is 8.09. The second-order valence-corrected chi connectivity index (χ2v) is 12.8. The Morgan fingerprint density at radius 1 is 0.765 bits per heavy atom. The molecule has 0 aliphatic heterocycles. The lowest BCUT2D eigenvalue weighted by Gasteiger charge is -2.28. The average Bonchev–Trinajstić information content (AvgIpc) is 3.10. The van der Waals surface area contributed by atoms with E-state index >= 15 is 0 Å². The standard InChI is InChI=1S/C36H52N8O7/c1-5-23(4)29(30(45)34(49)41-26(31(37)46)17-12-18-40-35(38)39)44-33(48)27(19-22(2)3)42-32(47)28(20-24-13-8-6-9-14-24)43-36(50)51-21-25-15-10-7-11-16-25/h6-11,13-16,22-23,26-29H,5,12,17-21H2,1-4H3,(H2,37,46)(H,41,49)(H,42,47)(H,43,50)(H,44,48)(H4,38,39,40). The minimum Gasteiger partial charge on any atom is -0.445 e. The molecule has 5 atom stereocenters. The number of guanidine groups is 1. The van der Waals surface area contributed by atoms with Crippen molar-refractivity contribution in [1.82, 2.24) is 26.6 Å². The predicted molar refractivity (Wildman–Crippen MR) is 192 cm³/mol. The summed E-state index contributed by atoms with van der Waals surface area (Å²) in [6.45, 7) is 7.41. The summed E-state index contributed by atoms with van der Waals surface area (Å²) in [6.07, 6.45) is 0.264. The Kier molecular flexibility index (Phi) is 17.6. The van der Waals surface area contributed by atoms with Crippen LogP contribution in [0.5, 0.6) is 0 Å². The van der Waals surface area contributed by atoms with Crippen LogP contribution in [0.15, 0.2) is 60.7 Å². The van der Waals surface area contributed by atoms with Crippen LogP contribution in [-0.4, -0.2) is 72.2 Å². The van der Waals surface area contributed by atoms with Gasteiger partial charge < -0.3 is 42.8 Å². The van der Waals surface area contributed by atoms with E-state index in [0.29, 0.717) is 12.8 Å². The first kappa shape index (κ1) is 41.7. The fourth-order valence-electron chi connectivity index (χ4n) is 5.08. The van der Waals surface area contributed by atoms with Gasteiger partial charge in [-0.3, -0.25) is 29.4 Å². The zero-order chi connectivity index (χ0) is 37.9. The van der Waals surface area contributed by atoms with Crippen molar-refractivity contribution in [2.45, 2.75) is 90.6 Å². The highest BCUT2D eigenvalue weighted by Crippen LogP contribution is 2.13. The van der Waals surface area contributed by atoms with Gasteiger partial charge in [-0.25, -0.2) is 4.79 Å². The van der Waals surface area contributed by atoms with E-state index in [2.05, 4.69) is 26.6 Å². The lowest BCUT2D eigenvalue weighted by atomic mass is 9.93. The Bertz CT molecular complexity index is 1470. The molecule has 278 valence electrons. The number of hydrogen-bond acceptors (Lipinski definition) is 8. The number of carbonyl (C=O) groups excluding carboxylic acids is 6. The number of nitrogens with two attached hydrogens (primary N) is 2. The molecule has 15 heteroatoms. The molecule has 5 amide bonds. The summed E-state index contributed by atoms with van der Waals surface area (Å²) in [5.74, 6) is -5.12. The van der Waals surface area contributed by atoms with E-state index in [1.165, 1.54) is 0 Å². The van der Waals surface area contributed by atoms with Crippen molar-refractivity contribution in [1.29, 1.82) is 5.41 Å². The lowest BCUT2D eigenvalue weighted by Crippen LogP contribution is -2.59. The topological polar surface area (TPSA) is 248 Å². The first-order valence-electron chi connectivity index (χ1n) is 17.1. The van der Waals surface area contributed by atoms with Crippen molar-refractivity contribution in [3.05, 3.63) is 71.8 Å². The van der Waals surface area contributed by atoms with Gasteiger partial charge in [0.25, 0.3) is 5.91 Å². The largest absolute Gasteiger partial charge is 0.445 e. The van der Waals surface area contributed by atoms with Crippen molar-refractivity contribution in [3.8, 4) is 0 Å². The summed E-state index contributed by atoms with van der Waals surface area (Å²) in [5, 5.41) is 20.2. The Balaban J connectivity index is 2.21. The number of primary amides is 1. The number of ketones is 1. The molecular formula is C36H52N8O7. The van der Waals surface area contributed by atoms with Crippen LogP contribution in [0, 0.1) is 17.2 Å². The van der Waals surface area contributed by atoms with Crippen molar-refractivity contribution in [3.63, 3.8) is 0 Å². The van der Waals surface area contributed by atoms with Crippen molar-refractivity contribution < 1.29 is 33.5 Å². The third kappa shape index (κ3) is 15.3. The fraction of sp³-hybridized carbons (Fsp3) is 0.472. The molecule has 0 fully saturated rings. The van der Waals surface area contributed by atoms with E-state index in [1.54, 1.807) is 50.2 Å². The smallest absolute Gasteiger partial charge is 0.408 e. The number of hydrogen-bond donors (Lipinski definition) is 8. The molecule has 0 aliphatic rings. The van der Waals surface area contributed by atoms with Crippen LogP contribution in [0.25, 0.3) is 0 Å². The number of carbonyl (C=O) groups is 6. The molecule has 10 N–H and O–H groups in total. The molecule has 51 heavy (non-hydrogen) atoms. The molecule has 0 spiro atoms. The van der Waals surface area contributed by atoms with E-state index in [1.807, 2.05) is 38.1 Å². The van der Waals surface area contributed by atoms with Crippen LogP contribution in [0.1, 0.15) is 64.5 Å². The van der Waals surface area contributed by atoms with Gasteiger partial charge in [0.15, 0.2) is 5.96 Å². The number of amides is 5. The zero-order valence-electron chi connectivity index (χ0n) is 29.7. The van der Waals surface area contributed by atoms with Crippen molar-refractivity contribution >= 4 is 41.5 Å². The Labute approximate surface area is 298 Å². The van der Waals surface area contributed by atoms with Crippen molar-refractivity contribution in [2.24, 2.45) is 23.3 Å². The van der Waals surface area contributed by atoms with E-state index in [9.17, 15) is 28.8 Å². The zero-order valence-corrected chi connectivity index (χ0v) is 29.7. The minimum absolute atomic E-state index is 0.0133. The molecule has 0 saturated carbocycles. The minimum atomic E-state index is -1.28. The highest BCUT2D eigenvalue weighted by atomic mass is 16.5. The molecule has 15 nitrogen and oxygen atoms in total. The maximum atomic E-state index is 13.8. The van der Waals surface area contributed by atoms with E-state index in [-0.39, 0.29) is 44.3 Å². The first-order chi connectivity index (χ1) is 24.2. The number of nitrogens with one attached hydrogen (secondary N) is 6. The number of ether oxygens (including phenoxy) is 1. The molecule has 0 heterocycles. The maximum Gasteiger partial charge on any atom is 0.408 e. The summed E-state index contributed by atoms with van der Waals surface area (Å²) in [5.41, 5.74) is 12.2. The first-order valence-corrected chi connectivity index (χ1v) is 17.1. The van der Waals surface area contributed by atoms with Gasteiger partial charge in [0.1, 0.15) is 24.7 Å². The maximum absolute atomic E-state index is 13.8. The average molecular weight is 709 g/mol. The Morgan fingerprint density at radius 3 is 1.90 bits per heavy atom. The van der Waals surface area contributed by atoms with Crippen LogP contribution < -0.4 is 38.1 Å². The second kappa shape index (κ2) is 21.6. The molecular weight excluding hydrogens is 656 g/mol. The van der Waals surface area contributed by atoms with Gasteiger partial charge in [-0.05, 0) is 42.2 Å². The van der Waals surface area contributed by atoms with E-state index in [4.69, 9.17) is 21.6 Å². The van der Waals surface area contributed by atoms with Gasteiger partial charge in [-0.2, -0.15) is 0 Å². The highest BCUT2D eigenvalue weighted by molar-refractivity contribution is 6.39. The van der Waals surface area contributed by atoms with Crippen LogP contribution in [0.4, 0.5) is 4.79 Å². The van der Waals surface area contributed by atoms with E-state index < -0.39 is 65.6 Å². The summed E-state index contributed by atoms with van der Waals surface area (Å²) in [7, 11) is 0. The van der Waals surface area contributed by atoms with Gasteiger partial charge in [-0.1, -0.05) is 94.8 Å². The second-order valence-electron chi connectivity index (χ2n) is 12.8. The van der Waals surface area contributed by atoms with E-state index in [0.717, 1.165) is 11.1 Å². The molecule has 0 aromatic heterocycles. The van der Waals surface area contributed by atoms with Crippen LogP contribution in [0.2, 0.25) is 0 Å². The normalized spacial score (nSPS) is 13.7. The van der Waals surface area contributed by atoms with Crippen LogP contribution >= 0.6 is 0 Å². The van der Waals surface area contributed by atoms with Crippen LogP contribution in [0.3, 0.4) is 0 Å². The summed E-state index contributed by atoms with van der Waals surface area (Å²) in [4.78, 5) is 78.8. The fourth-order valence-corrected chi connectivity index (χ4v) is 5.08. The lowest BCUT2D eigenvalue weighted by molar-refractivity contribution is -0.142. The number of alkyl carbamates (subject to hydrolysis) is 1. The molecule has 2 aromatic carbocycles. The summed E-state index contributed by atoms with van der Waals surface area (Å²) >= 11 is 0. The molecule has 5 unspecified atom stereocenters. The SMILES string of the molecule is CCC(C)C(NC(=O)C(CC(C)C)NC(=O)C(Cc1ccccc1)NC(=O)OCc1ccccc1)C(=O)C(=O)NC(CCCNC(=N)N)C(N)=O. The third-order valence-corrected chi connectivity index (χ3v) is 8.09.